The molecule has 116 valence electrons. The minimum absolute atomic E-state index is 0.197. The van der Waals surface area contributed by atoms with Crippen LogP contribution >= 0.6 is 11.6 Å². The molecule has 0 saturated carbocycles. The van der Waals surface area contributed by atoms with Crippen LogP contribution in [0.4, 0.5) is 5.69 Å². The fourth-order valence-electron chi connectivity index (χ4n) is 2.71. The van der Waals surface area contributed by atoms with Crippen LogP contribution in [0.3, 0.4) is 0 Å². The Hall–Kier alpha value is -2.53. The van der Waals surface area contributed by atoms with E-state index in [2.05, 4.69) is 10.3 Å². The highest BCUT2D eigenvalue weighted by molar-refractivity contribution is 6.30. The Morgan fingerprint density at radius 2 is 2.17 bits per heavy atom. The number of nitrogens with one attached hydrogen (secondary N) is 1. The number of aryl methyl sites for hydroxylation is 1. The van der Waals surface area contributed by atoms with Gasteiger partial charge in [0.15, 0.2) is 17.6 Å². The van der Waals surface area contributed by atoms with E-state index in [0.717, 1.165) is 5.56 Å². The third kappa shape index (κ3) is 2.64. The van der Waals surface area contributed by atoms with Crippen molar-refractivity contribution in [3.63, 3.8) is 0 Å². The van der Waals surface area contributed by atoms with Crippen LogP contribution in [0.2, 0.25) is 5.02 Å². The van der Waals surface area contributed by atoms with Gasteiger partial charge in [-0.05, 0) is 42.0 Å². The largest absolute Gasteiger partial charge is 0.480 e. The summed E-state index contributed by atoms with van der Waals surface area (Å²) in [5.41, 5.74) is 3.01. The highest BCUT2D eigenvalue weighted by Crippen LogP contribution is 2.31. The van der Waals surface area contributed by atoms with E-state index in [0.29, 0.717) is 39.9 Å². The van der Waals surface area contributed by atoms with Crippen LogP contribution in [-0.2, 0) is 11.2 Å². The van der Waals surface area contributed by atoms with Crippen LogP contribution in [0, 0.1) is 6.92 Å². The zero-order chi connectivity index (χ0) is 16.0. The lowest BCUT2D eigenvalue weighted by Crippen LogP contribution is -2.31. The van der Waals surface area contributed by atoms with Crippen molar-refractivity contribution in [3.8, 4) is 5.75 Å². The summed E-state index contributed by atoms with van der Waals surface area (Å²) in [7, 11) is 0. The van der Waals surface area contributed by atoms with E-state index in [1.165, 1.54) is 0 Å². The highest BCUT2D eigenvalue weighted by atomic mass is 35.5. The molecule has 0 radical (unpaired) electrons. The lowest BCUT2D eigenvalue weighted by molar-refractivity contribution is -0.122. The molecule has 1 aromatic heterocycles. The summed E-state index contributed by atoms with van der Waals surface area (Å²) in [5.74, 6) is 1.10. The van der Waals surface area contributed by atoms with Crippen molar-refractivity contribution in [2.45, 2.75) is 19.4 Å². The monoisotopic (exact) mass is 328 g/mol. The molecule has 1 amide bonds. The van der Waals surface area contributed by atoms with E-state index >= 15 is 0 Å². The fraction of sp³-hybridized carbons (Fsp3) is 0.176. The van der Waals surface area contributed by atoms with Gasteiger partial charge in [0.2, 0.25) is 0 Å². The van der Waals surface area contributed by atoms with Crippen LogP contribution in [0.15, 0.2) is 40.8 Å². The number of aromatic nitrogens is 1. The van der Waals surface area contributed by atoms with E-state index in [-0.39, 0.29) is 5.91 Å². The molecule has 23 heavy (non-hydrogen) atoms. The SMILES string of the molecule is Cc1nc2cc(NC(=O)C3Cc4cc(Cl)ccc4O3)ccc2o1. The quantitative estimate of drug-likeness (QED) is 0.778. The second kappa shape index (κ2) is 5.28. The summed E-state index contributed by atoms with van der Waals surface area (Å²) in [6, 6.07) is 10.7. The number of carbonyl (C=O) groups excluding carboxylic acids is 1. The van der Waals surface area contributed by atoms with Gasteiger partial charge in [-0.3, -0.25) is 4.79 Å². The van der Waals surface area contributed by atoms with Gasteiger partial charge in [-0.15, -0.1) is 0 Å². The van der Waals surface area contributed by atoms with E-state index in [1.54, 1.807) is 37.3 Å². The molecule has 5 nitrogen and oxygen atoms in total. The third-order valence-electron chi connectivity index (χ3n) is 3.75. The van der Waals surface area contributed by atoms with Crippen LogP contribution in [0.1, 0.15) is 11.5 Å². The average Bonchev–Trinajstić information content (AvgIpc) is 3.08. The number of hydrogen-bond donors (Lipinski definition) is 1. The molecular formula is C17H13ClN2O3. The van der Waals surface area contributed by atoms with Crippen molar-refractivity contribution in [3.05, 3.63) is 52.9 Å². The van der Waals surface area contributed by atoms with Gasteiger partial charge >= 0.3 is 0 Å². The number of carbonyl (C=O) groups is 1. The number of ether oxygens (including phenoxy) is 1. The predicted octanol–water partition coefficient (Wildman–Crippen LogP) is 3.73. The standard InChI is InChI=1S/C17H13ClN2O3/c1-9-19-13-8-12(3-5-15(13)22-9)20-17(21)16-7-10-6-11(18)2-4-14(10)23-16/h2-6,8,16H,7H2,1H3,(H,20,21). The van der Waals surface area contributed by atoms with Crippen LogP contribution in [0.25, 0.3) is 11.1 Å². The molecule has 0 aliphatic carbocycles. The second-order valence-corrected chi connectivity index (χ2v) is 5.90. The van der Waals surface area contributed by atoms with Crippen molar-refractivity contribution >= 4 is 34.3 Å². The molecule has 3 aromatic rings. The van der Waals surface area contributed by atoms with Crippen molar-refractivity contribution in [2.24, 2.45) is 0 Å². The molecule has 2 heterocycles. The predicted molar refractivity (Wildman–Crippen MR) is 86.9 cm³/mol. The first-order chi connectivity index (χ1) is 11.1. The summed E-state index contributed by atoms with van der Waals surface area (Å²) < 4.78 is 11.1. The molecule has 0 saturated heterocycles. The summed E-state index contributed by atoms with van der Waals surface area (Å²) in [5, 5.41) is 3.50. The van der Waals surface area contributed by atoms with Gasteiger partial charge in [-0.25, -0.2) is 4.98 Å². The normalized spacial score (nSPS) is 16.2. The fourth-order valence-corrected chi connectivity index (χ4v) is 2.90. The molecule has 1 aliphatic heterocycles. The van der Waals surface area contributed by atoms with Crippen molar-refractivity contribution in [1.82, 2.24) is 4.98 Å². The number of nitrogens with zero attached hydrogens (tertiary/aromatic N) is 1. The number of amides is 1. The molecule has 1 aliphatic rings. The van der Waals surface area contributed by atoms with E-state index in [4.69, 9.17) is 20.8 Å². The zero-order valence-corrected chi connectivity index (χ0v) is 13.1. The minimum atomic E-state index is -0.557. The average molecular weight is 329 g/mol. The Morgan fingerprint density at radius 3 is 3.04 bits per heavy atom. The Labute approximate surface area is 137 Å². The maximum Gasteiger partial charge on any atom is 0.265 e. The van der Waals surface area contributed by atoms with Gasteiger partial charge in [0.1, 0.15) is 11.3 Å². The van der Waals surface area contributed by atoms with Crippen molar-refractivity contribution < 1.29 is 13.9 Å². The zero-order valence-electron chi connectivity index (χ0n) is 12.3. The van der Waals surface area contributed by atoms with Gasteiger partial charge in [0.05, 0.1) is 0 Å². The van der Waals surface area contributed by atoms with Gasteiger partial charge in [-0.2, -0.15) is 0 Å². The first kappa shape index (κ1) is 14.1. The number of rotatable bonds is 2. The van der Waals surface area contributed by atoms with Gasteiger partial charge in [0.25, 0.3) is 5.91 Å². The number of fused-ring (bicyclic) bond motifs is 2. The number of oxazole rings is 1. The van der Waals surface area contributed by atoms with Gasteiger partial charge < -0.3 is 14.5 Å². The van der Waals surface area contributed by atoms with Crippen LogP contribution < -0.4 is 10.1 Å². The first-order valence-electron chi connectivity index (χ1n) is 7.21. The van der Waals surface area contributed by atoms with Crippen LogP contribution in [0.5, 0.6) is 5.75 Å². The Bertz CT molecular complexity index is 919. The third-order valence-corrected chi connectivity index (χ3v) is 3.99. The Balaban J connectivity index is 1.51. The van der Waals surface area contributed by atoms with Crippen molar-refractivity contribution in [2.75, 3.05) is 5.32 Å². The maximum absolute atomic E-state index is 12.4. The second-order valence-electron chi connectivity index (χ2n) is 5.47. The smallest absolute Gasteiger partial charge is 0.265 e. The molecular weight excluding hydrogens is 316 g/mol. The minimum Gasteiger partial charge on any atom is -0.480 e. The maximum atomic E-state index is 12.4. The lowest BCUT2D eigenvalue weighted by Gasteiger charge is -2.11. The Morgan fingerprint density at radius 1 is 1.30 bits per heavy atom. The molecule has 6 heteroatoms. The Kier molecular flexibility index (Phi) is 3.23. The van der Waals surface area contributed by atoms with E-state index in [9.17, 15) is 4.79 Å². The summed E-state index contributed by atoms with van der Waals surface area (Å²) in [6.07, 6.45) is -0.0502. The first-order valence-corrected chi connectivity index (χ1v) is 7.59. The summed E-state index contributed by atoms with van der Waals surface area (Å²) in [6.45, 7) is 1.78. The topological polar surface area (TPSA) is 64.4 Å². The molecule has 2 aromatic carbocycles. The molecule has 0 bridgehead atoms. The molecule has 1 atom stereocenters. The highest BCUT2D eigenvalue weighted by Gasteiger charge is 2.29. The van der Waals surface area contributed by atoms with Gasteiger partial charge in [-0.1, -0.05) is 11.6 Å². The summed E-state index contributed by atoms with van der Waals surface area (Å²) in [4.78, 5) is 16.7. The number of benzene rings is 2. The molecule has 0 fully saturated rings. The molecule has 1 unspecified atom stereocenters. The van der Waals surface area contributed by atoms with Crippen LogP contribution in [-0.4, -0.2) is 17.0 Å². The van der Waals surface area contributed by atoms with Gasteiger partial charge in [0, 0.05) is 24.1 Å². The van der Waals surface area contributed by atoms with E-state index in [1.807, 2.05) is 6.07 Å². The number of anilines is 1. The molecule has 4 rings (SSSR count). The lowest BCUT2D eigenvalue weighted by atomic mass is 10.1. The number of hydrogen-bond acceptors (Lipinski definition) is 4. The molecule has 1 N–H and O–H groups in total. The summed E-state index contributed by atoms with van der Waals surface area (Å²) >= 11 is 5.97. The number of halogens is 1. The molecule has 0 spiro atoms. The van der Waals surface area contributed by atoms with E-state index < -0.39 is 6.10 Å². The van der Waals surface area contributed by atoms with Crippen molar-refractivity contribution in [1.29, 1.82) is 0 Å².